The Morgan fingerprint density at radius 3 is 2.35 bits per heavy atom. The first kappa shape index (κ1) is 21.5. The molecule has 0 saturated carbocycles. The van der Waals surface area contributed by atoms with Gasteiger partial charge < -0.3 is 11.5 Å². The Balaban J connectivity index is 1.84. The van der Waals surface area contributed by atoms with Crippen LogP contribution in [-0.4, -0.2) is 10.8 Å². The predicted octanol–water partition coefficient (Wildman–Crippen LogP) is 4.74. The van der Waals surface area contributed by atoms with Gasteiger partial charge in [-0.25, -0.2) is 9.99 Å². The molecule has 5 N–H and O–H groups in total. The molecule has 0 saturated heterocycles. The first-order chi connectivity index (χ1) is 16.3. The van der Waals surface area contributed by atoms with Gasteiger partial charge in [-0.15, -0.1) is 0 Å². The lowest BCUT2D eigenvalue weighted by Gasteiger charge is -2.44. The van der Waals surface area contributed by atoms with Crippen molar-refractivity contribution >= 4 is 28.8 Å². The zero-order chi connectivity index (χ0) is 24.0. The second-order valence-electron chi connectivity index (χ2n) is 9.59. The van der Waals surface area contributed by atoms with E-state index < -0.39 is 5.92 Å². The van der Waals surface area contributed by atoms with Crippen molar-refractivity contribution < 1.29 is 4.79 Å². The Hall–Kier alpha value is -4.31. The Labute approximate surface area is 198 Å². The Bertz CT molecular complexity index is 1360. The first-order valence-electron chi connectivity index (χ1n) is 11.2. The minimum Gasteiger partial charge on any atom is -0.397 e. The highest BCUT2D eigenvalue weighted by Gasteiger charge is 2.45. The number of ketones is 1. The summed E-state index contributed by atoms with van der Waals surface area (Å²) in [7, 11) is 0. The van der Waals surface area contributed by atoms with Gasteiger partial charge in [0.25, 0.3) is 0 Å². The number of benzene rings is 2. The number of carbonyl (C=O) groups is 1. The molecule has 0 bridgehead atoms. The second kappa shape index (κ2) is 7.92. The molecule has 2 aromatic carbocycles. The molecule has 170 valence electrons. The largest absolute Gasteiger partial charge is 0.397 e. The van der Waals surface area contributed by atoms with E-state index in [1.165, 1.54) is 0 Å². The molecule has 1 aliphatic heterocycles. The maximum atomic E-state index is 13.7. The summed E-state index contributed by atoms with van der Waals surface area (Å²) in [5, 5.41) is 11.6. The SMILES string of the molecule is CC1(C)CC(=O)C2=C(C1)N(Nc1ccccc1)c1nc(N)c(C#N)c(N)c1[C@H]2c1ccccc1. The van der Waals surface area contributed by atoms with Crippen molar-refractivity contribution in [2.24, 2.45) is 5.41 Å². The van der Waals surface area contributed by atoms with Crippen LogP contribution < -0.4 is 21.9 Å². The number of hydrogen-bond acceptors (Lipinski definition) is 7. The molecule has 3 aromatic rings. The molecule has 1 atom stereocenters. The normalized spacial score (nSPS) is 18.7. The molecule has 7 heteroatoms. The maximum Gasteiger partial charge on any atom is 0.162 e. The summed E-state index contributed by atoms with van der Waals surface area (Å²) in [5.74, 6) is 0.205. The number of nitrogens with zero attached hydrogens (tertiary/aromatic N) is 3. The van der Waals surface area contributed by atoms with Crippen molar-refractivity contribution in [1.29, 1.82) is 5.26 Å². The number of pyridine rings is 1. The highest BCUT2D eigenvalue weighted by Crippen LogP contribution is 2.53. The number of hydrogen-bond donors (Lipinski definition) is 3. The van der Waals surface area contributed by atoms with Crippen LogP contribution in [0.1, 0.15) is 49.3 Å². The van der Waals surface area contributed by atoms with E-state index in [2.05, 4.69) is 30.3 Å². The molecule has 0 fully saturated rings. The molecular formula is C27H26N6O. The molecule has 2 heterocycles. The highest BCUT2D eigenvalue weighted by molar-refractivity contribution is 6.03. The van der Waals surface area contributed by atoms with Gasteiger partial charge >= 0.3 is 0 Å². The fraction of sp³-hybridized carbons (Fsp3) is 0.222. The van der Waals surface area contributed by atoms with Crippen molar-refractivity contribution in [3.05, 3.63) is 88.6 Å². The molecule has 0 spiro atoms. The number of nitrogens with one attached hydrogen (secondary N) is 1. The molecule has 0 radical (unpaired) electrons. The summed E-state index contributed by atoms with van der Waals surface area (Å²) in [4.78, 5) is 18.4. The van der Waals surface area contributed by atoms with E-state index in [1.807, 2.05) is 65.7 Å². The van der Waals surface area contributed by atoms with Crippen LogP contribution >= 0.6 is 0 Å². The highest BCUT2D eigenvalue weighted by atomic mass is 16.1. The zero-order valence-electron chi connectivity index (χ0n) is 19.2. The average Bonchev–Trinajstić information content (AvgIpc) is 2.80. The molecule has 34 heavy (non-hydrogen) atoms. The van der Waals surface area contributed by atoms with Crippen LogP contribution in [0.5, 0.6) is 0 Å². The van der Waals surface area contributed by atoms with Crippen LogP contribution in [0.4, 0.5) is 23.0 Å². The smallest absolute Gasteiger partial charge is 0.162 e. The van der Waals surface area contributed by atoms with Gasteiger partial charge in [0.15, 0.2) is 11.6 Å². The lowest BCUT2D eigenvalue weighted by atomic mass is 9.68. The molecular weight excluding hydrogens is 424 g/mol. The van der Waals surface area contributed by atoms with Crippen LogP contribution in [0.2, 0.25) is 0 Å². The van der Waals surface area contributed by atoms with Crippen molar-refractivity contribution in [3.63, 3.8) is 0 Å². The van der Waals surface area contributed by atoms with E-state index in [1.54, 1.807) is 0 Å². The fourth-order valence-electron chi connectivity index (χ4n) is 5.04. The van der Waals surface area contributed by atoms with E-state index in [4.69, 9.17) is 11.5 Å². The molecule has 0 unspecified atom stereocenters. The number of rotatable bonds is 3. The van der Waals surface area contributed by atoms with Crippen LogP contribution in [0.15, 0.2) is 71.9 Å². The number of nitriles is 1. The first-order valence-corrected chi connectivity index (χ1v) is 11.2. The van der Waals surface area contributed by atoms with Gasteiger partial charge in [0.05, 0.1) is 17.1 Å². The Morgan fingerprint density at radius 2 is 1.71 bits per heavy atom. The minimum atomic E-state index is -0.441. The molecule has 1 aliphatic carbocycles. The maximum absolute atomic E-state index is 13.7. The predicted molar refractivity (Wildman–Crippen MR) is 134 cm³/mol. The number of aromatic nitrogens is 1. The third-order valence-corrected chi connectivity index (χ3v) is 6.50. The standard InChI is InChI=1S/C27H26N6O/c1-27(2)13-19-22(20(34)14-27)21(16-9-5-3-6-10-16)23-24(29)18(15-28)25(30)31-26(23)33(19)32-17-11-7-4-8-12-17/h3-12,21,32H,13-14H2,1-2H3,(H4,29,30,31)/t21-/m0/s1. The van der Waals surface area contributed by atoms with Crippen LogP contribution in [-0.2, 0) is 4.79 Å². The fourth-order valence-corrected chi connectivity index (χ4v) is 5.04. The summed E-state index contributed by atoms with van der Waals surface area (Å²) in [6, 6.07) is 21.5. The monoisotopic (exact) mass is 450 g/mol. The van der Waals surface area contributed by atoms with E-state index >= 15 is 0 Å². The molecule has 1 aromatic heterocycles. The van der Waals surface area contributed by atoms with E-state index in [0.717, 1.165) is 16.9 Å². The lowest BCUT2D eigenvalue weighted by Crippen LogP contribution is -2.43. The van der Waals surface area contributed by atoms with Crippen LogP contribution in [0.25, 0.3) is 0 Å². The van der Waals surface area contributed by atoms with Gasteiger partial charge in [0, 0.05) is 23.5 Å². The van der Waals surface area contributed by atoms with Gasteiger partial charge in [-0.2, -0.15) is 5.26 Å². The molecule has 0 amide bonds. The van der Waals surface area contributed by atoms with E-state index in [-0.39, 0.29) is 28.3 Å². The molecule has 2 aliphatic rings. The lowest BCUT2D eigenvalue weighted by molar-refractivity contribution is -0.118. The number of para-hydroxylation sites is 1. The van der Waals surface area contributed by atoms with Crippen molar-refractivity contribution in [3.8, 4) is 6.07 Å². The summed E-state index contributed by atoms with van der Waals surface area (Å²) in [6.45, 7) is 4.19. The topological polar surface area (TPSA) is 121 Å². The molecule has 7 nitrogen and oxygen atoms in total. The van der Waals surface area contributed by atoms with Gasteiger partial charge in [0.1, 0.15) is 17.5 Å². The number of carbonyl (C=O) groups excluding carboxylic acids is 1. The number of nitrogens with two attached hydrogens (primary N) is 2. The minimum absolute atomic E-state index is 0.0656. The van der Waals surface area contributed by atoms with Crippen LogP contribution in [0.3, 0.4) is 0 Å². The van der Waals surface area contributed by atoms with E-state index in [9.17, 15) is 10.1 Å². The van der Waals surface area contributed by atoms with Gasteiger partial charge in [0.2, 0.25) is 0 Å². The number of Topliss-reactive ketones (excluding diaryl/α,β-unsaturated/α-hetero) is 1. The van der Waals surface area contributed by atoms with Gasteiger partial charge in [-0.1, -0.05) is 62.4 Å². The number of hydrazine groups is 1. The number of allylic oxidation sites excluding steroid dienone is 2. The summed E-state index contributed by atoms with van der Waals surface area (Å²) in [5.41, 5.74) is 20.3. The Kier molecular flexibility index (Phi) is 5.02. The Morgan fingerprint density at radius 1 is 1.06 bits per heavy atom. The second-order valence-corrected chi connectivity index (χ2v) is 9.59. The van der Waals surface area contributed by atoms with Crippen LogP contribution in [0, 0.1) is 16.7 Å². The van der Waals surface area contributed by atoms with E-state index in [0.29, 0.717) is 29.8 Å². The number of anilines is 4. The van der Waals surface area contributed by atoms with Gasteiger partial charge in [-0.05, 0) is 29.5 Å². The number of fused-ring (bicyclic) bond motifs is 1. The van der Waals surface area contributed by atoms with Crippen molar-refractivity contribution in [2.75, 3.05) is 21.9 Å². The van der Waals surface area contributed by atoms with Crippen molar-refractivity contribution in [1.82, 2.24) is 4.98 Å². The van der Waals surface area contributed by atoms with Gasteiger partial charge in [-0.3, -0.25) is 10.2 Å². The third kappa shape index (κ3) is 3.44. The quantitative estimate of drug-likeness (QED) is 0.527. The summed E-state index contributed by atoms with van der Waals surface area (Å²) < 4.78 is 0. The molecule has 5 rings (SSSR count). The third-order valence-electron chi connectivity index (χ3n) is 6.50. The average molecular weight is 451 g/mol. The summed E-state index contributed by atoms with van der Waals surface area (Å²) >= 11 is 0. The summed E-state index contributed by atoms with van der Waals surface area (Å²) in [6.07, 6.45) is 1.09. The number of nitrogen functional groups attached to an aromatic ring is 2. The zero-order valence-corrected chi connectivity index (χ0v) is 19.2. The van der Waals surface area contributed by atoms with Crippen molar-refractivity contribution in [2.45, 2.75) is 32.6 Å².